The molecule has 0 aliphatic rings. The normalized spacial score (nSPS) is 11.0. The largest absolute Gasteiger partial charge is 0.357 e. The molecule has 1 aromatic heterocycles. The minimum atomic E-state index is -0.0957. The quantitative estimate of drug-likeness (QED) is 0.210. The lowest BCUT2D eigenvalue weighted by molar-refractivity contribution is 0.0954. The zero-order valence-electron chi connectivity index (χ0n) is 16.7. The standard InChI is InChI=1S/C19H27BrN6O.HI/c1-5-21-19(24-12-17-13(2)25-26(4)14(17)3)23-10-9-22-18(27)15-7-6-8-16(20)11-15;/h6-8,11H,5,9-10,12H2,1-4H3,(H,22,27)(H2,21,23,24);1H. The van der Waals surface area contributed by atoms with Gasteiger partial charge in [0.25, 0.3) is 5.91 Å². The highest BCUT2D eigenvalue weighted by molar-refractivity contribution is 14.0. The molecule has 9 heteroatoms. The molecule has 0 aliphatic carbocycles. The molecular weight excluding hydrogens is 535 g/mol. The van der Waals surface area contributed by atoms with Crippen molar-refractivity contribution < 1.29 is 4.79 Å². The number of aliphatic imine (C=N–C) groups is 1. The molecule has 0 atom stereocenters. The molecule has 1 aromatic carbocycles. The maximum atomic E-state index is 12.1. The van der Waals surface area contributed by atoms with E-state index in [1.807, 2.05) is 44.6 Å². The van der Waals surface area contributed by atoms with Gasteiger partial charge in [0.05, 0.1) is 12.2 Å². The van der Waals surface area contributed by atoms with E-state index in [1.165, 1.54) is 0 Å². The third-order valence-corrected chi connectivity index (χ3v) is 4.68. The number of rotatable bonds is 7. The second-order valence-corrected chi connectivity index (χ2v) is 7.08. The summed E-state index contributed by atoms with van der Waals surface area (Å²) in [6.45, 7) is 8.47. The number of amides is 1. The van der Waals surface area contributed by atoms with Gasteiger partial charge >= 0.3 is 0 Å². The Hall–Kier alpha value is -1.62. The van der Waals surface area contributed by atoms with Crippen LogP contribution in [-0.2, 0) is 13.6 Å². The summed E-state index contributed by atoms with van der Waals surface area (Å²) in [6.07, 6.45) is 0. The van der Waals surface area contributed by atoms with Crippen molar-refractivity contribution in [1.82, 2.24) is 25.7 Å². The van der Waals surface area contributed by atoms with Crippen molar-refractivity contribution in [2.45, 2.75) is 27.3 Å². The fraction of sp³-hybridized carbons (Fsp3) is 0.421. The van der Waals surface area contributed by atoms with Crippen LogP contribution in [0.3, 0.4) is 0 Å². The Morgan fingerprint density at radius 1 is 1.21 bits per heavy atom. The smallest absolute Gasteiger partial charge is 0.251 e. The molecular formula is C19H28BrIN6O. The lowest BCUT2D eigenvalue weighted by Crippen LogP contribution is -2.41. The Morgan fingerprint density at radius 2 is 1.93 bits per heavy atom. The van der Waals surface area contributed by atoms with Gasteiger partial charge in [0.1, 0.15) is 0 Å². The summed E-state index contributed by atoms with van der Waals surface area (Å²) in [5, 5.41) is 13.8. The van der Waals surface area contributed by atoms with E-state index in [1.54, 1.807) is 12.1 Å². The molecule has 154 valence electrons. The van der Waals surface area contributed by atoms with Gasteiger partial charge in [-0.25, -0.2) is 4.99 Å². The molecule has 3 N–H and O–H groups in total. The maximum absolute atomic E-state index is 12.1. The topological polar surface area (TPSA) is 83.3 Å². The Kier molecular flexibility index (Phi) is 10.5. The van der Waals surface area contributed by atoms with Gasteiger partial charge in [-0.2, -0.15) is 5.10 Å². The van der Waals surface area contributed by atoms with Crippen LogP contribution in [0, 0.1) is 13.8 Å². The Labute approximate surface area is 191 Å². The Morgan fingerprint density at radius 3 is 2.54 bits per heavy atom. The number of benzene rings is 1. The molecule has 0 fully saturated rings. The molecule has 28 heavy (non-hydrogen) atoms. The van der Waals surface area contributed by atoms with Crippen molar-refractivity contribution in [2.24, 2.45) is 12.0 Å². The van der Waals surface area contributed by atoms with Crippen LogP contribution in [0.15, 0.2) is 33.7 Å². The molecule has 0 saturated carbocycles. The van der Waals surface area contributed by atoms with E-state index in [0.29, 0.717) is 25.2 Å². The summed E-state index contributed by atoms with van der Waals surface area (Å²) in [5.41, 5.74) is 3.88. The van der Waals surface area contributed by atoms with Crippen LogP contribution in [0.2, 0.25) is 0 Å². The van der Waals surface area contributed by atoms with Crippen molar-refractivity contribution in [3.05, 3.63) is 51.3 Å². The minimum Gasteiger partial charge on any atom is -0.357 e. The molecule has 0 saturated heterocycles. The number of carbonyl (C=O) groups excluding carboxylic acids is 1. The average molecular weight is 563 g/mol. The first kappa shape index (κ1) is 24.4. The van der Waals surface area contributed by atoms with E-state index in [-0.39, 0.29) is 29.9 Å². The van der Waals surface area contributed by atoms with E-state index in [9.17, 15) is 4.79 Å². The van der Waals surface area contributed by atoms with Crippen molar-refractivity contribution >= 4 is 51.8 Å². The summed E-state index contributed by atoms with van der Waals surface area (Å²) >= 11 is 3.37. The number of hydrogen-bond donors (Lipinski definition) is 3. The van der Waals surface area contributed by atoms with Crippen LogP contribution < -0.4 is 16.0 Å². The highest BCUT2D eigenvalue weighted by Gasteiger charge is 2.09. The number of aryl methyl sites for hydroxylation is 2. The van der Waals surface area contributed by atoms with Gasteiger partial charge in [-0.05, 0) is 39.0 Å². The van der Waals surface area contributed by atoms with Crippen LogP contribution in [0.1, 0.15) is 34.2 Å². The minimum absolute atomic E-state index is 0. The highest BCUT2D eigenvalue weighted by Crippen LogP contribution is 2.13. The van der Waals surface area contributed by atoms with Crippen molar-refractivity contribution in [3.8, 4) is 0 Å². The number of halogens is 2. The zero-order valence-corrected chi connectivity index (χ0v) is 20.6. The molecule has 2 aromatic rings. The zero-order chi connectivity index (χ0) is 19.8. The SMILES string of the molecule is CCNC(=NCc1c(C)nn(C)c1C)NCCNC(=O)c1cccc(Br)c1.I. The van der Waals surface area contributed by atoms with Gasteiger partial charge in [0, 0.05) is 48.0 Å². The van der Waals surface area contributed by atoms with Gasteiger partial charge in [-0.3, -0.25) is 9.48 Å². The lowest BCUT2D eigenvalue weighted by Gasteiger charge is -2.12. The molecule has 1 amide bonds. The maximum Gasteiger partial charge on any atom is 0.251 e. The number of guanidine groups is 1. The third kappa shape index (κ3) is 7.08. The first-order valence-corrected chi connectivity index (χ1v) is 9.76. The van der Waals surface area contributed by atoms with E-state index < -0.39 is 0 Å². The van der Waals surface area contributed by atoms with Crippen molar-refractivity contribution in [1.29, 1.82) is 0 Å². The van der Waals surface area contributed by atoms with E-state index >= 15 is 0 Å². The molecule has 2 rings (SSSR count). The number of hydrogen-bond acceptors (Lipinski definition) is 3. The van der Waals surface area contributed by atoms with Gasteiger partial charge in [0.15, 0.2) is 5.96 Å². The number of nitrogens with one attached hydrogen (secondary N) is 3. The summed E-state index contributed by atoms with van der Waals surface area (Å²) in [5.74, 6) is 0.624. The van der Waals surface area contributed by atoms with E-state index in [4.69, 9.17) is 0 Å². The third-order valence-electron chi connectivity index (χ3n) is 4.19. The van der Waals surface area contributed by atoms with Gasteiger partial charge in [-0.1, -0.05) is 22.0 Å². The molecule has 0 aliphatic heterocycles. The van der Waals surface area contributed by atoms with Crippen LogP contribution in [0.4, 0.5) is 0 Å². The second-order valence-electron chi connectivity index (χ2n) is 6.16. The number of aromatic nitrogens is 2. The monoisotopic (exact) mass is 562 g/mol. The summed E-state index contributed by atoms with van der Waals surface area (Å²) < 4.78 is 2.76. The van der Waals surface area contributed by atoms with Crippen LogP contribution in [0.5, 0.6) is 0 Å². The second kappa shape index (κ2) is 12.1. The van der Waals surface area contributed by atoms with Gasteiger partial charge < -0.3 is 16.0 Å². The average Bonchev–Trinajstić information content (AvgIpc) is 2.88. The van der Waals surface area contributed by atoms with Gasteiger partial charge in [0.2, 0.25) is 0 Å². The van der Waals surface area contributed by atoms with E-state index in [0.717, 1.165) is 33.9 Å². The first-order valence-electron chi connectivity index (χ1n) is 8.97. The van der Waals surface area contributed by atoms with E-state index in [2.05, 4.69) is 42.0 Å². The lowest BCUT2D eigenvalue weighted by atomic mass is 10.2. The van der Waals surface area contributed by atoms with Crippen molar-refractivity contribution in [3.63, 3.8) is 0 Å². The summed E-state index contributed by atoms with van der Waals surface area (Å²) in [4.78, 5) is 16.8. The molecule has 0 spiro atoms. The van der Waals surface area contributed by atoms with Crippen LogP contribution in [0.25, 0.3) is 0 Å². The van der Waals surface area contributed by atoms with Crippen LogP contribution in [-0.4, -0.2) is 41.3 Å². The molecule has 0 unspecified atom stereocenters. The summed E-state index contributed by atoms with van der Waals surface area (Å²) in [6, 6.07) is 7.32. The predicted octanol–water partition coefficient (Wildman–Crippen LogP) is 2.90. The van der Waals surface area contributed by atoms with Gasteiger partial charge in [-0.15, -0.1) is 24.0 Å². The van der Waals surface area contributed by atoms with Crippen LogP contribution >= 0.6 is 39.9 Å². The molecule has 0 radical (unpaired) electrons. The number of carbonyl (C=O) groups is 1. The van der Waals surface area contributed by atoms with Crippen molar-refractivity contribution in [2.75, 3.05) is 19.6 Å². The first-order chi connectivity index (χ1) is 12.9. The molecule has 0 bridgehead atoms. The fourth-order valence-corrected chi connectivity index (χ4v) is 3.03. The Bertz CT molecular complexity index is 821. The highest BCUT2D eigenvalue weighted by atomic mass is 127. The predicted molar refractivity (Wildman–Crippen MR) is 127 cm³/mol. The summed E-state index contributed by atoms with van der Waals surface area (Å²) in [7, 11) is 1.94. The Balaban J connectivity index is 0.00000392. The molecule has 7 nitrogen and oxygen atoms in total. The molecule has 1 heterocycles. The number of nitrogens with zero attached hydrogens (tertiary/aromatic N) is 3. The fourth-order valence-electron chi connectivity index (χ4n) is 2.63.